The van der Waals surface area contributed by atoms with E-state index in [1.165, 1.54) is 0 Å². The van der Waals surface area contributed by atoms with Crippen LogP contribution < -0.4 is 5.32 Å². The summed E-state index contributed by atoms with van der Waals surface area (Å²) in [7, 11) is 0. The lowest BCUT2D eigenvalue weighted by Gasteiger charge is -2.30. The molecule has 1 aliphatic heterocycles. The molecule has 1 fully saturated rings. The third-order valence-electron chi connectivity index (χ3n) is 2.73. The minimum atomic E-state index is -0.247. The summed E-state index contributed by atoms with van der Waals surface area (Å²) in [5, 5.41) is 3.26. The van der Waals surface area contributed by atoms with Gasteiger partial charge in [0.25, 0.3) is 0 Å². The molecule has 1 heterocycles. The van der Waals surface area contributed by atoms with Gasteiger partial charge in [0.2, 0.25) is 0 Å². The summed E-state index contributed by atoms with van der Waals surface area (Å²) in [6.07, 6.45) is 2.78. The Morgan fingerprint density at radius 1 is 1.61 bits per heavy atom. The van der Waals surface area contributed by atoms with Crippen LogP contribution in [0.25, 0.3) is 0 Å². The van der Waals surface area contributed by atoms with Crippen molar-refractivity contribution in [3.8, 4) is 11.8 Å². The number of carbonyl (C=O) groups is 1. The Bertz CT molecular complexity index is 366. The van der Waals surface area contributed by atoms with E-state index in [-0.39, 0.29) is 12.1 Å². The average Bonchev–Trinajstić information content (AvgIpc) is 2.37. The molecule has 1 unspecified atom stereocenters. The summed E-state index contributed by atoms with van der Waals surface area (Å²) in [4.78, 5) is 13.6. The van der Waals surface area contributed by atoms with Crippen molar-refractivity contribution in [2.75, 3.05) is 26.2 Å². The summed E-state index contributed by atoms with van der Waals surface area (Å²) in [5.74, 6) is 5.90. The van der Waals surface area contributed by atoms with Crippen molar-refractivity contribution in [3.63, 3.8) is 0 Å². The molecular weight excluding hydrogens is 228 g/mol. The lowest BCUT2D eigenvalue weighted by molar-refractivity contribution is 0.101. The molecule has 4 heteroatoms. The van der Waals surface area contributed by atoms with E-state index in [1.807, 2.05) is 6.92 Å². The minimum absolute atomic E-state index is 0.0589. The predicted molar refractivity (Wildman–Crippen MR) is 72.2 cm³/mol. The molecule has 4 nitrogen and oxygen atoms in total. The van der Waals surface area contributed by atoms with Gasteiger partial charge in [-0.25, -0.2) is 4.79 Å². The average molecular weight is 250 g/mol. The Balaban J connectivity index is 2.41. The van der Waals surface area contributed by atoms with Crippen molar-refractivity contribution < 1.29 is 9.53 Å². The van der Waals surface area contributed by atoms with Gasteiger partial charge in [0, 0.05) is 13.1 Å². The van der Waals surface area contributed by atoms with Crippen LogP contribution in [-0.4, -0.2) is 43.3 Å². The molecule has 0 aromatic heterocycles. The van der Waals surface area contributed by atoms with Gasteiger partial charge in [-0.1, -0.05) is 18.9 Å². The van der Waals surface area contributed by atoms with E-state index in [2.05, 4.69) is 30.2 Å². The van der Waals surface area contributed by atoms with Gasteiger partial charge in [-0.3, -0.25) is 0 Å². The molecule has 18 heavy (non-hydrogen) atoms. The quantitative estimate of drug-likeness (QED) is 0.613. The molecule has 1 aliphatic rings. The van der Waals surface area contributed by atoms with Crippen molar-refractivity contribution in [3.05, 3.63) is 11.6 Å². The fraction of sp³-hybridized carbons (Fsp3) is 0.643. The highest BCUT2D eigenvalue weighted by Crippen LogP contribution is 2.03. The van der Waals surface area contributed by atoms with Crippen molar-refractivity contribution in [1.82, 2.24) is 10.2 Å². The van der Waals surface area contributed by atoms with Crippen LogP contribution in [-0.2, 0) is 4.74 Å². The maximum absolute atomic E-state index is 11.9. The molecule has 0 saturated carbocycles. The SMILES string of the molecule is CC#CC1CN(C(=O)OC/C(C)=C/CC)CCN1. The summed E-state index contributed by atoms with van der Waals surface area (Å²) in [6.45, 7) is 8.25. The Kier molecular flexibility index (Phi) is 6.31. The summed E-state index contributed by atoms with van der Waals surface area (Å²) in [6, 6.07) is 0.0589. The number of hydrogen-bond acceptors (Lipinski definition) is 3. The monoisotopic (exact) mass is 250 g/mol. The van der Waals surface area contributed by atoms with E-state index in [9.17, 15) is 4.79 Å². The third-order valence-corrected chi connectivity index (χ3v) is 2.73. The number of amides is 1. The third kappa shape index (κ3) is 4.80. The molecule has 0 radical (unpaired) electrons. The van der Waals surface area contributed by atoms with Crippen molar-refractivity contribution >= 4 is 6.09 Å². The van der Waals surface area contributed by atoms with Gasteiger partial charge in [0.1, 0.15) is 6.61 Å². The number of nitrogens with one attached hydrogen (secondary N) is 1. The van der Waals surface area contributed by atoms with Crippen LogP contribution in [0.4, 0.5) is 4.79 Å². The lowest BCUT2D eigenvalue weighted by atomic mass is 10.2. The number of rotatable bonds is 3. The Morgan fingerprint density at radius 2 is 2.39 bits per heavy atom. The maximum Gasteiger partial charge on any atom is 0.410 e. The van der Waals surface area contributed by atoms with E-state index >= 15 is 0 Å². The molecule has 100 valence electrons. The first-order valence-corrected chi connectivity index (χ1v) is 6.40. The first-order chi connectivity index (χ1) is 8.67. The number of nitrogens with zero attached hydrogens (tertiary/aromatic N) is 1. The molecule has 0 aromatic carbocycles. The Hall–Kier alpha value is -1.47. The van der Waals surface area contributed by atoms with Gasteiger partial charge in [-0.05, 0) is 25.8 Å². The maximum atomic E-state index is 11.9. The number of carbonyl (C=O) groups excluding carboxylic acids is 1. The van der Waals surface area contributed by atoms with Gasteiger partial charge in [-0.2, -0.15) is 0 Å². The van der Waals surface area contributed by atoms with Gasteiger partial charge in [0.15, 0.2) is 0 Å². The summed E-state index contributed by atoms with van der Waals surface area (Å²) in [5.41, 5.74) is 1.09. The fourth-order valence-electron chi connectivity index (χ4n) is 1.86. The normalized spacial score (nSPS) is 20.1. The van der Waals surface area contributed by atoms with Crippen LogP contribution >= 0.6 is 0 Å². The van der Waals surface area contributed by atoms with Crippen molar-refractivity contribution in [2.45, 2.75) is 33.2 Å². The second-order valence-electron chi connectivity index (χ2n) is 4.36. The molecule has 1 N–H and O–H groups in total. The zero-order valence-electron chi connectivity index (χ0n) is 11.5. The number of allylic oxidation sites excluding steroid dienone is 1. The standard InChI is InChI=1S/C14H22N2O2/c1-4-6-12(3)11-18-14(17)16-9-8-15-13(10-16)7-5-2/h6,13,15H,4,8-11H2,1-3H3/b12-6+. The first kappa shape index (κ1) is 14.6. The molecular formula is C14H22N2O2. The Morgan fingerprint density at radius 3 is 3.06 bits per heavy atom. The zero-order chi connectivity index (χ0) is 13.4. The predicted octanol–water partition coefficient (Wildman–Crippen LogP) is 1.78. The molecule has 1 atom stereocenters. The largest absolute Gasteiger partial charge is 0.445 e. The molecule has 0 bridgehead atoms. The highest BCUT2D eigenvalue weighted by atomic mass is 16.6. The van der Waals surface area contributed by atoms with E-state index in [0.29, 0.717) is 19.7 Å². The van der Waals surface area contributed by atoms with Gasteiger partial charge < -0.3 is 15.0 Å². The second kappa shape index (κ2) is 7.78. The molecule has 0 aliphatic carbocycles. The molecule has 0 spiro atoms. The second-order valence-corrected chi connectivity index (χ2v) is 4.36. The zero-order valence-corrected chi connectivity index (χ0v) is 11.5. The van der Waals surface area contributed by atoms with Crippen LogP contribution in [0.3, 0.4) is 0 Å². The highest BCUT2D eigenvalue weighted by molar-refractivity contribution is 5.68. The van der Waals surface area contributed by atoms with Crippen LogP contribution in [0.2, 0.25) is 0 Å². The minimum Gasteiger partial charge on any atom is -0.445 e. The van der Waals surface area contributed by atoms with Crippen LogP contribution in [0, 0.1) is 11.8 Å². The number of piperazine rings is 1. The molecule has 0 aromatic rings. The van der Waals surface area contributed by atoms with Gasteiger partial charge >= 0.3 is 6.09 Å². The first-order valence-electron chi connectivity index (χ1n) is 6.40. The smallest absolute Gasteiger partial charge is 0.410 e. The van der Waals surface area contributed by atoms with Crippen molar-refractivity contribution in [1.29, 1.82) is 0 Å². The number of ether oxygens (including phenoxy) is 1. The van der Waals surface area contributed by atoms with Gasteiger partial charge in [-0.15, -0.1) is 5.92 Å². The molecule has 1 rings (SSSR count). The highest BCUT2D eigenvalue weighted by Gasteiger charge is 2.22. The molecule has 1 amide bonds. The van der Waals surface area contributed by atoms with Crippen LogP contribution in [0.1, 0.15) is 27.2 Å². The van der Waals surface area contributed by atoms with E-state index < -0.39 is 0 Å². The fourth-order valence-corrected chi connectivity index (χ4v) is 1.86. The summed E-state index contributed by atoms with van der Waals surface area (Å²) < 4.78 is 5.27. The topological polar surface area (TPSA) is 41.6 Å². The van der Waals surface area contributed by atoms with Crippen molar-refractivity contribution in [2.24, 2.45) is 0 Å². The Labute approximate surface area is 109 Å². The van der Waals surface area contributed by atoms with Crippen LogP contribution in [0.5, 0.6) is 0 Å². The van der Waals surface area contributed by atoms with E-state index in [4.69, 9.17) is 4.74 Å². The van der Waals surface area contributed by atoms with Gasteiger partial charge in [0.05, 0.1) is 12.6 Å². The number of hydrogen-bond donors (Lipinski definition) is 1. The van der Waals surface area contributed by atoms with Crippen LogP contribution in [0.15, 0.2) is 11.6 Å². The van der Waals surface area contributed by atoms with E-state index in [0.717, 1.165) is 18.5 Å². The summed E-state index contributed by atoms with van der Waals surface area (Å²) >= 11 is 0. The van der Waals surface area contributed by atoms with E-state index in [1.54, 1.807) is 11.8 Å². The molecule has 1 saturated heterocycles. The lowest BCUT2D eigenvalue weighted by Crippen LogP contribution is -2.52.